The van der Waals surface area contributed by atoms with Crippen LogP contribution in [-0.2, 0) is 5.41 Å². The summed E-state index contributed by atoms with van der Waals surface area (Å²) in [5, 5.41) is 2.48. The third-order valence-electron chi connectivity index (χ3n) is 14.6. The normalized spacial score (nSPS) is 12.9. The van der Waals surface area contributed by atoms with E-state index in [1.165, 1.54) is 60.8 Å². The predicted molar refractivity (Wildman–Crippen MR) is 287 cm³/mol. The van der Waals surface area contributed by atoms with Gasteiger partial charge in [0.1, 0.15) is 0 Å². The largest absolute Gasteiger partial charge is 0.310 e. The first-order valence-corrected chi connectivity index (χ1v) is 23.8. The Labute approximate surface area is 400 Å². The number of para-hydroxylation sites is 3. The molecule has 1 aliphatic rings. The zero-order chi connectivity index (χ0) is 45.8. The minimum atomic E-state index is -0.106. The molecule has 10 aromatic carbocycles. The van der Waals surface area contributed by atoms with Crippen LogP contribution in [0, 0.1) is 0 Å². The standard InChI is InChI=1S/C64H45N5/c1-64(2)55-23-13-12-22-51(55)53-41-61-54(40-56(53)64)52-36-34-50(38-60(52)67(61)46-20-10-5-11-21-46)68-59-37-35-49(39-62(59)69-58-25-15-14-24-57(58)65-63(68)69)66(47-30-26-44(27-31-47)42-16-6-3-7-17-42)48-32-28-45(29-33-48)43-18-8-4-9-19-43/h3-41H,1-2H3. The molecule has 0 fully saturated rings. The van der Waals surface area contributed by atoms with Crippen LogP contribution >= 0.6 is 0 Å². The van der Waals surface area contributed by atoms with Crippen molar-refractivity contribution in [3.05, 3.63) is 248 Å². The molecule has 13 aromatic rings. The number of anilines is 3. The fraction of sp³-hybridized carbons (Fsp3) is 0.0469. The highest BCUT2D eigenvalue weighted by Crippen LogP contribution is 2.51. The van der Waals surface area contributed by atoms with E-state index in [-0.39, 0.29) is 5.41 Å². The van der Waals surface area contributed by atoms with E-state index < -0.39 is 0 Å². The van der Waals surface area contributed by atoms with Gasteiger partial charge in [-0.25, -0.2) is 4.98 Å². The van der Waals surface area contributed by atoms with Gasteiger partial charge in [-0.15, -0.1) is 0 Å². The summed E-state index contributed by atoms with van der Waals surface area (Å²) in [6, 6.07) is 86.0. The van der Waals surface area contributed by atoms with Gasteiger partial charge < -0.3 is 9.47 Å². The third kappa shape index (κ3) is 6.00. The van der Waals surface area contributed by atoms with Gasteiger partial charge in [-0.3, -0.25) is 8.97 Å². The molecular weight excluding hydrogens is 839 g/mol. The average molecular weight is 884 g/mol. The van der Waals surface area contributed by atoms with Crippen molar-refractivity contribution in [1.82, 2.24) is 18.5 Å². The van der Waals surface area contributed by atoms with Gasteiger partial charge in [0.25, 0.3) is 0 Å². The van der Waals surface area contributed by atoms with Crippen molar-refractivity contribution in [2.45, 2.75) is 19.3 Å². The van der Waals surface area contributed by atoms with Crippen molar-refractivity contribution in [2.75, 3.05) is 4.90 Å². The molecule has 0 saturated carbocycles. The molecule has 0 bridgehead atoms. The maximum Gasteiger partial charge on any atom is 0.220 e. The van der Waals surface area contributed by atoms with Gasteiger partial charge >= 0.3 is 0 Å². The number of aromatic nitrogens is 4. The van der Waals surface area contributed by atoms with Crippen molar-refractivity contribution in [3.63, 3.8) is 0 Å². The van der Waals surface area contributed by atoms with E-state index in [0.29, 0.717) is 0 Å². The molecule has 0 unspecified atom stereocenters. The van der Waals surface area contributed by atoms with E-state index in [9.17, 15) is 0 Å². The molecule has 0 aliphatic heterocycles. The number of imidazole rings is 2. The van der Waals surface area contributed by atoms with Crippen molar-refractivity contribution in [3.8, 4) is 44.8 Å². The number of benzene rings is 10. The monoisotopic (exact) mass is 883 g/mol. The van der Waals surface area contributed by atoms with E-state index >= 15 is 0 Å². The van der Waals surface area contributed by atoms with Gasteiger partial charge in [-0.1, -0.05) is 159 Å². The Bertz CT molecular complexity index is 4040. The molecule has 0 saturated heterocycles. The van der Waals surface area contributed by atoms with Crippen molar-refractivity contribution >= 4 is 66.7 Å². The first kappa shape index (κ1) is 39.3. The van der Waals surface area contributed by atoms with E-state index in [1.54, 1.807) is 0 Å². The fourth-order valence-corrected chi connectivity index (χ4v) is 11.3. The lowest BCUT2D eigenvalue weighted by Crippen LogP contribution is -2.14. The highest BCUT2D eigenvalue weighted by Gasteiger charge is 2.36. The Morgan fingerprint density at radius 3 is 1.64 bits per heavy atom. The zero-order valence-corrected chi connectivity index (χ0v) is 38.3. The molecule has 3 heterocycles. The summed E-state index contributed by atoms with van der Waals surface area (Å²) in [6.07, 6.45) is 0. The number of nitrogens with zero attached hydrogens (tertiary/aromatic N) is 5. The first-order chi connectivity index (χ1) is 34.0. The fourth-order valence-electron chi connectivity index (χ4n) is 11.3. The maximum atomic E-state index is 5.38. The van der Waals surface area contributed by atoms with Crippen LogP contribution in [-0.4, -0.2) is 18.5 Å². The molecule has 14 rings (SSSR count). The Kier molecular flexibility index (Phi) is 8.56. The van der Waals surface area contributed by atoms with Gasteiger partial charge in [-0.05, 0) is 136 Å². The van der Waals surface area contributed by atoms with Gasteiger partial charge in [0.05, 0.1) is 38.8 Å². The second-order valence-electron chi connectivity index (χ2n) is 18.9. The number of fused-ring (bicyclic) bond motifs is 11. The van der Waals surface area contributed by atoms with Crippen LogP contribution in [0.3, 0.4) is 0 Å². The quantitative estimate of drug-likeness (QED) is 0.160. The van der Waals surface area contributed by atoms with Crippen LogP contribution in [0.5, 0.6) is 0 Å². The molecule has 1 aliphatic carbocycles. The molecule has 0 N–H and O–H groups in total. The van der Waals surface area contributed by atoms with E-state index in [0.717, 1.165) is 61.8 Å². The Balaban J connectivity index is 0.979. The van der Waals surface area contributed by atoms with E-state index in [4.69, 9.17) is 4.98 Å². The highest BCUT2D eigenvalue weighted by atomic mass is 15.2. The second-order valence-corrected chi connectivity index (χ2v) is 18.9. The summed E-state index contributed by atoms with van der Waals surface area (Å²) < 4.78 is 7.14. The molecule has 326 valence electrons. The SMILES string of the molecule is CC1(C)c2ccccc2-c2cc3c(cc21)c1ccc(-n2c4ccc(N(c5ccc(-c6ccccc6)cc5)c5ccc(-c6ccccc6)cc5)cc4n4c5ccccc5nc24)cc1n3-c1ccccc1. The van der Waals surface area contributed by atoms with Crippen molar-refractivity contribution in [2.24, 2.45) is 0 Å². The van der Waals surface area contributed by atoms with Gasteiger partial charge in [0.15, 0.2) is 0 Å². The van der Waals surface area contributed by atoms with Crippen LogP contribution < -0.4 is 4.90 Å². The number of hydrogen-bond donors (Lipinski definition) is 0. The van der Waals surface area contributed by atoms with Crippen LogP contribution in [0.25, 0.3) is 94.4 Å². The highest BCUT2D eigenvalue weighted by molar-refractivity contribution is 6.12. The zero-order valence-electron chi connectivity index (χ0n) is 38.3. The Hall–Kier alpha value is -8.93. The minimum Gasteiger partial charge on any atom is -0.310 e. The Morgan fingerprint density at radius 1 is 0.362 bits per heavy atom. The topological polar surface area (TPSA) is 30.4 Å². The van der Waals surface area contributed by atoms with Crippen LogP contribution in [0.4, 0.5) is 17.1 Å². The summed E-state index contributed by atoms with van der Waals surface area (Å²) in [6.45, 7) is 4.73. The lowest BCUT2D eigenvalue weighted by Gasteiger charge is -2.26. The van der Waals surface area contributed by atoms with Gasteiger partial charge in [0, 0.05) is 38.9 Å². The van der Waals surface area contributed by atoms with Crippen molar-refractivity contribution in [1.29, 1.82) is 0 Å². The molecule has 0 radical (unpaired) electrons. The van der Waals surface area contributed by atoms with Gasteiger partial charge in [0.2, 0.25) is 5.78 Å². The average Bonchev–Trinajstić information content (AvgIpc) is 4.11. The molecule has 0 spiro atoms. The first-order valence-electron chi connectivity index (χ1n) is 23.8. The minimum absolute atomic E-state index is 0.106. The Morgan fingerprint density at radius 2 is 0.942 bits per heavy atom. The molecule has 5 nitrogen and oxygen atoms in total. The molecule has 69 heavy (non-hydrogen) atoms. The summed E-state index contributed by atoms with van der Waals surface area (Å²) in [5.74, 6) is 0.869. The number of hydrogen-bond acceptors (Lipinski definition) is 2. The van der Waals surface area contributed by atoms with Gasteiger partial charge in [-0.2, -0.15) is 0 Å². The predicted octanol–water partition coefficient (Wildman–Crippen LogP) is 16.6. The maximum absolute atomic E-state index is 5.38. The van der Waals surface area contributed by atoms with Crippen LogP contribution in [0.2, 0.25) is 0 Å². The lowest BCUT2D eigenvalue weighted by molar-refractivity contribution is 0.661. The summed E-state index contributed by atoms with van der Waals surface area (Å²) in [7, 11) is 0. The summed E-state index contributed by atoms with van der Waals surface area (Å²) >= 11 is 0. The smallest absolute Gasteiger partial charge is 0.220 e. The van der Waals surface area contributed by atoms with Crippen LogP contribution in [0.15, 0.2) is 237 Å². The molecular formula is C64H45N5. The molecule has 5 heteroatoms. The van der Waals surface area contributed by atoms with Crippen LogP contribution in [0.1, 0.15) is 25.0 Å². The molecule has 0 amide bonds. The van der Waals surface area contributed by atoms with E-state index in [2.05, 4.69) is 269 Å². The molecule has 3 aromatic heterocycles. The summed E-state index contributed by atoms with van der Waals surface area (Å²) in [4.78, 5) is 7.75. The lowest BCUT2D eigenvalue weighted by atomic mass is 9.82. The molecule has 0 atom stereocenters. The number of rotatable bonds is 7. The van der Waals surface area contributed by atoms with Crippen molar-refractivity contribution < 1.29 is 0 Å². The van der Waals surface area contributed by atoms with E-state index in [1.807, 2.05) is 0 Å². The third-order valence-corrected chi connectivity index (χ3v) is 14.6. The second kappa shape index (κ2) is 15.0. The summed E-state index contributed by atoms with van der Waals surface area (Å²) in [5.41, 5.74) is 21.9.